The number of nitrogens with one attached hydrogen (secondary N) is 2. The lowest BCUT2D eigenvalue weighted by atomic mass is 10.2. The number of carbonyl (C=O) groups is 2. The zero-order valence-corrected chi connectivity index (χ0v) is 9.96. The molecular weight excluding hydrogens is 254 g/mol. The molecule has 0 unspecified atom stereocenters. The highest BCUT2D eigenvalue weighted by Crippen LogP contribution is 2.12. The van der Waals surface area contributed by atoms with E-state index < -0.39 is 16.9 Å². The Kier molecular flexibility index (Phi) is 5.27. The van der Waals surface area contributed by atoms with E-state index in [1.54, 1.807) is 6.07 Å². The lowest BCUT2D eigenvalue weighted by Crippen LogP contribution is -2.36. The molecule has 1 aromatic carbocycles. The Morgan fingerprint density at radius 1 is 1.32 bits per heavy atom. The van der Waals surface area contributed by atoms with Gasteiger partial charge in [0, 0.05) is 25.2 Å². The van der Waals surface area contributed by atoms with Gasteiger partial charge in [-0.1, -0.05) is 12.1 Å². The fraction of sp³-hybridized carbons (Fsp3) is 0.273. The Morgan fingerprint density at radius 2 is 2.05 bits per heavy atom. The summed E-state index contributed by atoms with van der Waals surface area (Å²) in [6, 6.07) is 5.36. The van der Waals surface area contributed by atoms with Crippen LogP contribution in [-0.4, -0.2) is 28.6 Å². The first-order valence-corrected chi connectivity index (χ1v) is 5.46. The number of amides is 2. The van der Waals surface area contributed by atoms with Crippen LogP contribution in [0.4, 0.5) is 10.5 Å². The summed E-state index contributed by atoms with van der Waals surface area (Å²) in [6.45, 7) is 0.149. The summed E-state index contributed by atoms with van der Waals surface area (Å²) in [5, 5.41) is 23.8. The van der Waals surface area contributed by atoms with Gasteiger partial charge in [0.25, 0.3) is 5.69 Å². The van der Waals surface area contributed by atoms with E-state index in [1.807, 2.05) is 0 Å². The van der Waals surface area contributed by atoms with E-state index in [2.05, 4.69) is 10.6 Å². The number of benzene rings is 1. The normalized spacial score (nSPS) is 9.68. The molecule has 0 aliphatic rings. The van der Waals surface area contributed by atoms with Crippen LogP contribution in [0.1, 0.15) is 12.0 Å². The first-order valence-electron chi connectivity index (χ1n) is 5.46. The maximum atomic E-state index is 11.3. The molecule has 19 heavy (non-hydrogen) atoms. The molecule has 0 aliphatic carbocycles. The molecule has 102 valence electrons. The van der Waals surface area contributed by atoms with Crippen LogP contribution in [0.3, 0.4) is 0 Å². The van der Waals surface area contributed by atoms with Gasteiger partial charge in [0.2, 0.25) is 0 Å². The fourth-order valence-corrected chi connectivity index (χ4v) is 1.31. The lowest BCUT2D eigenvalue weighted by molar-refractivity contribution is -0.384. The van der Waals surface area contributed by atoms with Crippen LogP contribution in [0.2, 0.25) is 0 Å². The molecule has 0 saturated heterocycles. The number of hydrogen-bond acceptors (Lipinski definition) is 4. The van der Waals surface area contributed by atoms with Gasteiger partial charge in [0.1, 0.15) is 0 Å². The van der Waals surface area contributed by atoms with Crippen LogP contribution in [-0.2, 0) is 11.3 Å². The SMILES string of the molecule is O=C(O)CCNC(=O)NCc1cccc([N+](=O)[O-])c1. The topological polar surface area (TPSA) is 122 Å². The predicted molar refractivity (Wildman–Crippen MR) is 65.6 cm³/mol. The zero-order valence-electron chi connectivity index (χ0n) is 9.96. The molecule has 0 radical (unpaired) electrons. The summed E-state index contributed by atoms with van der Waals surface area (Å²) in [7, 11) is 0. The smallest absolute Gasteiger partial charge is 0.315 e. The molecule has 0 aliphatic heterocycles. The summed E-state index contributed by atoms with van der Waals surface area (Å²) in [5.74, 6) is -1.00. The second-order valence-electron chi connectivity index (χ2n) is 3.68. The van der Waals surface area contributed by atoms with Gasteiger partial charge in [-0.15, -0.1) is 0 Å². The van der Waals surface area contributed by atoms with Crippen molar-refractivity contribution in [2.75, 3.05) is 6.54 Å². The summed E-state index contributed by atoms with van der Waals surface area (Å²) >= 11 is 0. The van der Waals surface area contributed by atoms with E-state index in [0.29, 0.717) is 5.56 Å². The van der Waals surface area contributed by atoms with Crippen molar-refractivity contribution in [1.29, 1.82) is 0 Å². The van der Waals surface area contributed by atoms with E-state index in [-0.39, 0.29) is 25.2 Å². The van der Waals surface area contributed by atoms with E-state index in [1.165, 1.54) is 18.2 Å². The number of carbonyl (C=O) groups excluding carboxylic acids is 1. The van der Waals surface area contributed by atoms with Gasteiger partial charge in [-0.05, 0) is 5.56 Å². The Bertz CT molecular complexity index is 489. The van der Waals surface area contributed by atoms with Crippen LogP contribution in [0.25, 0.3) is 0 Å². The van der Waals surface area contributed by atoms with Crippen LogP contribution in [0.5, 0.6) is 0 Å². The largest absolute Gasteiger partial charge is 0.481 e. The van der Waals surface area contributed by atoms with Crippen molar-refractivity contribution in [3.05, 3.63) is 39.9 Å². The number of rotatable bonds is 6. The standard InChI is InChI=1S/C11H13N3O5/c15-10(16)4-5-12-11(17)13-7-8-2-1-3-9(6-8)14(18)19/h1-3,6H,4-5,7H2,(H,15,16)(H2,12,13,17). The number of aliphatic carboxylic acids is 1. The summed E-state index contributed by atoms with van der Waals surface area (Å²) < 4.78 is 0. The average Bonchev–Trinajstić information content (AvgIpc) is 2.36. The molecule has 0 fully saturated rings. The maximum absolute atomic E-state index is 11.3. The molecule has 0 heterocycles. The molecule has 3 N–H and O–H groups in total. The Morgan fingerprint density at radius 3 is 2.68 bits per heavy atom. The van der Waals surface area contributed by atoms with Crippen LogP contribution >= 0.6 is 0 Å². The average molecular weight is 267 g/mol. The molecule has 0 bridgehead atoms. The van der Waals surface area contributed by atoms with Gasteiger partial charge in [-0.25, -0.2) is 4.79 Å². The first kappa shape index (κ1) is 14.4. The molecule has 0 atom stereocenters. The van der Waals surface area contributed by atoms with Crippen LogP contribution < -0.4 is 10.6 Å². The lowest BCUT2D eigenvalue weighted by Gasteiger charge is -2.06. The van der Waals surface area contributed by atoms with Crippen molar-refractivity contribution in [3.8, 4) is 0 Å². The molecule has 2 amide bonds. The maximum Gasteiger partial charge on any atom is 0.315 e. The summed E-state index contributed by atoms with van der Waals surface area (Å²) in [4.78, 5) is 31.5. The molecule has 8 nitrogen and oxygen atoms in total. The third-order valence-corrected chi connectivity index (χ3v) is 2.20. The molecule has 1 rings (SSSR count). The highest BCUT2D eigenvalue weighted by Gasteiger charge is 2.06. The molecule has 1 aromatic rings. The highest BCUT2D eigenvalue weighted by molar-refractivity contribution is 5.75. The number of nitro benzene ring substituents is 1. The fourth-order valence-electron chi connectivity index (χ4n) is 1.31. The molecule has 8 heteroatoms. The van der Waals surface area contributed by atoms with Crippen LogP contribution in [0.15, 0.2) is 24.3 Å². The summed E-state index contributed by atoms with van der Waals surface area (Å²) in [6.07, 6.45) is -0.162. The number of carboxylic acids is 1. The number of non-ortho nitro benzene ring substituents is 1. The minimum atomic E-state index is -1.00. The van der Waals surface area contributed by atoms with Crippen molar-refractivity contribution in [1.82, 2.24) is 10.6 Å². The third kappa shape index (κ3) is 5.48. The monoisotopic (exact) mass is 267 g/mol. The van der Waals surface area contributed by atoms with E-state index in [0.717, 1.165) is 0 Å². The van der Waals surface area contributed by atoms with Crippen molar-refractivity contribution < 1.29 is 19.6 Å². The van der Waals surface area contributed by atoms with E-state index >= 15 is 0 Å². The third-order valence-electron chi connectivity index (χ3n) is 2.20. The van der Waals surface area contributed by atoms with Gasteiger partial charge >= 0.3 is 12.0 Å². The van der Waals surface area contributed by atoms with Crippen molar-refractivity contribution in [3.63, 3.8) is 0 Å². The second kappa shape index (κ2) is 6.94. The van der Waals surface area contributed by atoms with Gasteiger partial charge in [0.15, 0.2) is 0 Å². The molecule has 0 spiro atoms. The van der Waals surface area contributed by atoms with Crippen molar-refractivity contribution in [2.45, 2.75) is 13.0 Å². The zero-order chi connectivity index (χ0) is 14.3. The minimum absolute atomic E-state index is 0.0239. The number of carboxylic acid groups (broad SMARTS) is 1. The minimum Gasteiger partial charge on any atom is -0.481 e. The van der Waals surface area contributed by atoms with E-state index in [4.69, 9.17) is 5.11 Å². The Balaban J connectivity index is 2.39. The number of nitrogens with zero attached hydrogens (tertiary/aromatic N) is 1. The molecular formula is C11H13N3O5. The van der Waals surface area contributed by atoms with Crippen molar-refractivity contribution >= 4 is 17.7 Å². The quantitative estimate of drug-likeness (QED) is 0.521. The molecule has 0 saturated carbocycles. The van der Waals surface area contributed by atoms with Crippen LogP contribution in [0, 0.1) is 10.1 Å². The summed E-state index contributed by atoms with van der Waals surface area (Å²) in [5.41, 5.74) is 0.535. The molecule has 0 aromatic heterocycles. The second-order valence-corrected chi connectivity index (χ2v) is 3.68. The van der Waals surface area contributed by atoms with E-state index in [9.17, 15) is 19.7 Å². The first-order chi connectivity index (χ1) is 8.99. The number of hydrogen-bond donors (Lipinski definition) is 3. The van der Waals surface area contributed by atoms with Gasteiger partial charge in [-0.2, -0.15) is 0 Å². The van der Waals surface area contributed by atoms with Gasteiger partial charge in [-0.3, -0.25) is 14.9 Å². The van der Waals surface area contributed by atoms with Gasteiger partial charge in [0.05, 0.1) is 11.3 Å². The Hall–Kier alpha value is -2.64. The van der Waals surface area contributed by atoms with Gasteiger partial charge < -0.3 is 15.7 Å². The number of urea groups is 1. The highest BCUT2D eigenvalue weighted by atomic mass is 16.6. The Labute approximate surface area is 108 Å². The predicted octanol–water partition coefficient (Wildman–Crippen LogP) is 0.869. The number of nitro groups is 1. The van der Waals surface area contributed by atoms with Crippen molar-refractivity contribution in [2.24, 2.45) is 0 Å².